The highest BCUT2D eigenvalue weighted by molar-refractivity contribution is 6.42. The Bertz CT molecular complexity index is 338. The molecule has 0 radical (unpaired) electrons. The quantitative estimate of drug-likeness (QED) is 0.802. The van der Waals surface area contributed by atoms with Gasteiger partial charge >= 0.3 is 6.18 Å². The van der Waals surface area contributed by atoms with Gasteiger partial charge in [-0.1, -0.05) is 35.3 Å². The van der Waals surface area contributed by atoms with E-state index in [1.54, 1.807) is 0 Å². The fraction of sp³-hybridized carbons (Fsp3) is 0.250. The van der Waals surface area contributed by atoms with E-state index in [9.17, 15) is 13.2 Å². The average molecular weight is 244 g/mol. The zero-order valence-corrected chi connectivity index (χ0v) is 8.29. The summed E-state index contributed by atoms with van der Waals surface area (Å²) in [7, 11) is 0. The van der Waals surface area contributed by atoms with E-state index in [4.69, 9.17) is 28.9 Å². The molecule has 0 fully saturated rings. The predicted molar refractivity (Wildman–Crippen MR) is 49.4 cm³/mol. The van der Waals surface area contributed by atoms with Crippen LogP contribution < -0.4 is 5.73 Å². The number of benzene rings is 1. The monoisotopic (exact) mass is 243 g/mol. The molecule has 1 aromatic carbocycles. The van der Waals surface area contributed by atoms with Crippen LogP contribution in [-0.4, -0.2) is 6.18 Å². The van der Waals surface area contributed by atoms with E-state index in [0.29, 0.717) is 0 Å². The van der Waals surface area contributed by atoms with Gasteiger partial charge in [0.1, 0.15) is 6.04 Å². The van der Waals surface area contributed by atoms with Gasteiger partial charge in [0.15, 0.2) is 0 Å². The zero-order chi connectivity index (χ0) is 10.9. The van der Waals surface area contributed by atoms with Crippen molar-refractivity contribution in [2.75, 3.05) is 0 Å². The topological polar surface area (TPSA) is 26.0 Å². The van der Waals surface area contributed by atoms with Crippen molar-refractivity contribution in [3.8, 4) is 0 Å². The standard InChI is InChI=1S/C8H6Cl2F3N/c9-5-3-1-2-4(6(5)10)7(14)8(11,12)13/h1-3,7H,14H2/t7-/m0/s1. The van der Waals surface area contributed by atoms with Gasteiger partial charge in [-0.25, -0.2) is 0 Å². The number of rotatable bonds is 1. The first-order valence-corrected chi connectivity index (χ1v) is 4.36. The van der Waals surface area contributed by atoms with Crippen LogP contribution in [0.1, 0.15) is 11.6 Å². The fourth-order valence-corrected chi connectivity index (χ4v) is 1.36. The van der Waals surface area contributed by atoms with Crippen molar-refractivity contribution in [3.63, 3.8) is 0 Å². The molecule has 0 amide bonds. The maximum atomic E-state index is 12.2. The maximum Gasteiger partial charge on any atom is 0.407 e. The second-order valence-electron chi connectivity index (χ2n) is 2.66. The van der Waals surface area contributed by atoms with Crippen LogP contribution in [0.5, 0.6) is 0 Å². The molecule has 2 N–H and O–H groups in total. The highest BCUT2D eigenvalue weighted by Gasteiger charge is 2.39. The second-order valence-corrected chi connectivity index (χ2v) is 3.45. The Morgan fingerprint density at radius 1 is 1.21 bits per heavy atom. The molecule has 1 atom stereocenters. The number of nitrogens with two attached hydrogens (primary N) is 1. The molecule has 0 bridgehead atoms. The molecule has 0 saturated carbocycles. The van der Waals surface area contributed by atoms with Crippen molar-refractivity contribution < 1.29 is 13.2 Å². The van der Waals surface area contributed by atoms with E-state index in [1.165, 1.54) is 18.2 Å². The second kappa shape index (κ2) is 3.96. The van der Waals surface area contributed by atoms with Gasteiger partial charge in [-0.15, -0.1) is 0 Å². The number of halogens is 5. The van der Waals surface area contributed by atoms with Crippen molar-refractivity contribution in [1.29, 1.82) is 0 Å². The van der Waals surface area contributed by atoms with Crippen LogP contribution in [0, 0.1) is 0 Å². The molecule has 0 spiro atoms. The smallest absolute Gasteiger partial charge is 0.316 e. The molecule has 0 aliphatic carbocycles. The third-order valence-electron chi connectivity index (χ3n) is 1.67. The molecule has 14 heavy (non-hydrogen) atoms. The van der Waals surface area contributed by atoms with Crippen LogP contribution in [0.3, 0.4) is 0 Å². The van der Waals surface area contributed by atoms with Crippen molar-refractivity contribution >= 4 is 23.2 Å². The SMILES string of the molecule is N[C@@H](c1cccc(Cl)c1Cl)C(F)(F)F. The van der Waals surface area contributed by atoms with E-state index < -0.39 is 12.2 Å². The van der Waals surface area contributed by atoms with Gasteiger partial charge in [-0.3, -0.25) is 0 Å². The van der Waals surface area contributed by atoms with E-state index in [1.807, 2.05) is 0 Å². The molecule has 0 heterocycles. The highest BCUT2D eigenvalue weighted by Crippen LogP contribution is 2.36. The van der Waals surface area contributed by atoms with Crippen molar-refractivity contribution in [2.24, 2.45) is 5.73 Å². The van der Waals surface area contributed by atoms with Crippen LogP contribution in [-0.2, 0) is 0 Å². The molecule has 1 aromatic rings. The summed E-state index contributed by atoms with van der Waals surface area (Å²) in [6.07, 6.45) is -4.52. The van der Waals surface area contributed by atoms with E-state index in [0.717, 1.165) is 0 Å². The molecule has 0 aliphatic rings. The normalized spacial score (nSPS) is 14.1. The van der Waals surface area contributed by atoms with E-state index in [-0.39, 0.29) is 15.6 Å². The van der Waals surface area contributed by atoms with Crippen molar-refractivity contribution in [3.05, 3.63) is 33.8 Å². The van der Waals surface area contributed by atoms with Crippen molar-refractivity contribution in [2.45, 2.75) is 12.2 Å². The Hall–Kier alpha value is -0.450. The third-order valence-corrected chi connectivity index (χ3v) is 2.50. The lowest BCUT2D eigenvalue weighted by atomic mass is 10.1. The van der Waals surface area contributed by atoms with Gasteiger partial charge < -0.3 is 5.73 Å². The maximum absolute atomic E-state index is 12.2. The van der Waals surface area contributed by atoms with Crippen LogP contribution in [0.2, 0.25) is 10.0 Å². The van der Waals surface area contributed by atoms with E-state index in [2.05, 4.69) is 0 Å². The molecule has 1 nitrogen and oxygen atoms in total. The summed E-state index contributed by atoms with van der Waals surface area (Å²) in [5, 5.41) is -0.0946. The van der Waals surface area contributed by atoms with Gasteiger partial charge in [0, 0.05) is 0 Å². The minimum absolute atomic E-state index is 0.0591. The minimum Gasteiger partial charge on any atom is -0.316 e. The van der Waals surface area contributed by atoms with Gasteiger partial charge in [0.05, 0.1) is 10.0 Å². The number of hydrogen-bond acceptors (Lipinski definition) is 1. The van der Waals surface area contributed by atoms with Crippen molar-refractivity contribution in [1.82, 2.24) is 0 Å². The zero-order valence-electron chi connectivity index (χ0n) is 6.78. The Labute approximate surface area is 88.6 Å². The summed E-state index contributed by atoms with van der Waals surface area (Å²) >= 11 is 11.1. The molecule has 0 saturated heterocycles. The summed E-state index contributed by atoms with van der Waals surface area (Å²) < 4.78 is 36.7. The van der Waals surface area contributed by atoms with Gasteiger partial charge in [0.2, 0.25) is 0 Å². The Morgan fingerprint density at radius 2 is 1.79 bits per heavy atom. The molecule has 0 aromatic heterocycles. The average Bonchev–Trinajstić information content (AvgIpc) is 2.07. The van der Waals surface area contributed by atoms with Crippen LogP contribution >= 0.6 is 23.2 Å². The molecular formula is C8H6Cl2F3N. The summed E-state index contributed by atoms with van der Waals surface area (Å²) in [6.45, 7) is 0. The lowest BCUT2D eigenvalue weighted by Crippen LogP contribution is -2.28. The van der Waals surface area contributed by atoms with Gasteiger partial charge in [-0.05, 0) is 11.6 Å². The first kappa shape index (κ1) is 11.6. The Balaban J connectivity index is 3.14. The highest BCUT2D eigenvalue weighted by atomic mass is 35.5. The minimum atomic E-state index is -4.52. The first-order chi connectivity index (χ1) is 6.34. The molecule has 1 rings (SSSR count). The van der Waals surface area contributed by atoms with Crippen LogP contribution in [0.25, 0.3) is 0 Å². The number of hydrogen-bond donors (Lipinski definition) is 1. The van der Waals surface area contributed by atoms with E-state index >= 15 is 0 Å². The molecule has 6 heteroatoms. The molecular weight excluding hydrogens is 238 g/mol. The van der Waals surface area contributed by atoms with Crippen LogP contribution in [0.4, 0.5) is 13.2 Å². The van der Waals surface area contributed by atoms with Gasteiger partial charge in [0.25, 0.3) is 0 Å². The largest absolute Gasteiger partial charge is 0.407 e. The lowest BCUT2D eigenvalue weighted by molar-refractivity contribution is -0.149. The fourth-order valence-electron chi connectivity index (χ4n) is 0.937. The number of alkyl halides is 3. The Morgan fingerprint density at radius 3 is 2.29 bits per heavy atom. The summed E-state index contributed by atoms with van der Waals surface area (Å²) in [6, 6.07) is 1.87. The summed E-state index contributed by atoms with van der Waals surface area (Å²) in [5.74, 6) is 0. The summed E-state index contributed by atoms with van der Waals surface area (Å²) in [4.78, 5) is 0. The summed E-state index contributed by atoms with van der Waals surface area (Å²) in [5.41, 5.74) is 4.76. The first-order valence-electron chi connectivity index (χ1n) is 3.60. The Kier molecular flexibility index (Phi) is 3.29. The van der Waals surface area contributed by atoms with Crippen LogP contribution in [0.15, 0.2) is 18.2 Å². The molecule has 0 unspecified atom stereocenters. The predicted octanol–water partition coefficient (Wildman–Crippen LogP) is 3.56. The molecule has 0 aliphatic heterocycles. The lowest BCUT2D eigenvalue weighted by Gasteiger charge is -2.17. The third kappa shape index (κ3) is 2.32. The van der Waals surface area contributed by atoms with Gasteiger partial charge in [-0.2, -0.15) is 13.2 Å². The molecule has 78 valence electrons.